The summed E-state index contributed by atoms with van der Waals surface area (Å²) in [6, 6.07) is 6.46. The van der Waals surface area contributed by atoms with Gasteiger partial charge in [0, 0.05) is 18.7 Å². The lowest BCUT2D eigenvalue weighted by Crippen LogP contribution is -2.45. The van der Waals surface area contributed by atoms with E-state index in [4.69, 9.17) is 5.73 Å². The molecule has 6 heteroatoms. The maximum atomic E-state index is 11.9. The molecule has 0 aromatic heterocycles. The van der Waals surface area contributed by atoms with Gasteiger partial charge in [0.1, 0.15) is 0 Å². The van der Waals surface area contributed by atoms with Crippen LogP contribution in [0, 0.1) is 5.92 Å². The van der Waals surface area contributed by atoms with Gasteiger partial charge in [-0.1, -0.05) is 12.1 Å². The van der Waals surface area contributed by atoms with Crippen molar-refractivity contribution >= 4 is 15.7 Å². The molecule has 2 rings (SSSR count). The van der Waals surface area contributed by atoms with Gasteiger partial charge in [-0.15, -0.1) is 0 Å². The zero-order valence-corrected chi connectivity index (χ0v) is 10.7. The number of hydrogen-bond acceptors (Lipinski definition) is 4. The molecular formula is C12H16N2O3S. The summed E-state index contributed by atoms with van der Waals surface area (Å²) in [6.07, 6.45) is 0. The first-order valence-corrected chi connectivity index (χ1v) is 7.58. The van der Waals surface area contributed by atoms with Gasteiger partial charge in [0.05, 0.1) is 11.5 Å². The molecule has 98 valence electrons. The van der Waals surface area contributed by atoms with Crippen LogP contribution in [0.2, 0.25) is 0 Å². The van der Waals surface area contributed by atoms with E-state index in [1.54, 1.807) is 24.3 Å². The first-order chi connectivity index (χ1) is 8.46. The van der Waals surface area contributed by atoms with Gasteiger partial charge in [-0.25, -0.2) is 8.42 Å². The van der Waals surface area contributed by atoms with Crippen LogP contribution in [0.25, 0.3) is 0 Å². The molecule has 0 atom stereocenters. The van der Waals surface area contributed by atoms with Crippen LogP contribution in [0.5, 0.6) is 0 Å². The maximum Gasteiger partial charge on any atom is 0.248 e. The van der Waals surface area contributed by atoms with E-state index in [0.717, 1.165) is 13.1 Å². The minimum Gasteiger partial charge on any atom is -0.366 e. The number of hydrogen-bond donors (Lipinski definition) is 2. The zero-order valence-electron chi connectivity index (χ0n) is 9.93. The molecule has 5 nitrogen and oxygen atoms in total. The van der Waals surface area contributed by atoms with Gasteiger partial charge >= 0.3 is 0 Å². The second-order valence-electron chi connectivity index (χ2n) is 4.64. The van der Waals surface area contributed by atoms with E-state index in [2.05, 4.69) is 5.32 Å². The average molecular weight is 268 g/mol. The number of rotatable bonds is 5. The molecule has 0 spiro atoms. The number of nitrogens with two attached hydrogens (primary N) is 1. The number of nitrogens with one attached hydrogen (secondary N) is 1. The number of primary amides is 1. The van der Waals surface area contributed by atoms with Crippen molar-refractivity contribution in [2.24, 2.45) is 11.7 Å². The molecule has 1 aliphatic rings. The Bertz CT molecular complexity index is 550. The summed E-state index contributed by atoms with van der Waals surface area (Å²) in [5.74, 6) is -0.169. The van der Waals surface area contributed by atoms with Gasteiger partial charge in [-0.05, 0) is 23.6 Å². The SMILES string of the molecule is NC(=O)c1cccc(CS(=O)(=O)CC2CNC2)c1. The fraction of sp³-hybridized carbons (Fsp3) is 0.417. The molecule has 0 aliphatic carbocycles. The van der Waals surface area contributed by atoms with Crippen molar-refractivity contribution in [3.05, 3.63) is 35.4 Å². The highest BCUT2D eigenvalue weighted by Crippen LogP contribution is 2.14. The summed E-state index contributed by atoms with van der Waals surface area (Å²) in [5.41, 5.74) is 6.11. The first-order valence-electron chi connectivity index (χ1n) is 5.76. The van der Waals surface area contributed by atoms with Crippen molar-refractivity contribution in [2.45, 2.75) is 5.75 Å². The molecule has 3 N–H and O–H groups in total. The van der Waals surface area contributed by atoms with Gasteiger partial charge in [0.25, 0.3) is 0 Å². The maximum absolute atomic E-state index is 11.9. The predicted molar refractivity (Wildman–Crippen MR) is 68.8 cm³/mol. The van der Waals surface area contributed by atoms with Crippen LogP contribution in [-0.4, -0.2) is 33.2 Å². The number of benzene rings is 1. The molecule has 0 bridgehead atoms. The van der Waals surface area contributed by atoms with Crippen LogP contribution in [0.4, 0.5) is 0 Å². The Kier molecular flexibility index (Phi) is 3.68. The van der Waals surface area contributed by atoms with Crippen molar-refractivity contribution in [3.8, 4) is 0 Å². The predicted octanol–water partition coefficient (Wildman–Crippen LogP) is -0.0803. The molecule has 0 radical (unpaired) electrons. The lowest BCUT2D eigenvalue weighted by molar-refractivity contribution is 0.1000. The Morgan fingerprint density at radius 2 is 2.11 bits per heavy atom. The summed E-state index contributed by atoms with van der Waals surface area (Å²) < 4.78 is 23.9. The standard InChI is InChI=1S/C12H16N2O3S/c13-12(15)11-3-1-2-9(4-11)7-18(16,17)8-10-5-14-6-10/h1-4,10,14H,5-8H2,(H2,13,15). The van der Waals surface area contributed by atoms with Gasteiger partial charge in [-0.3, -0.25) is 4.79 Å². The molecule has 0 unspecified atom stereocenters. The van der Waals surface area contributed by atoms with Crippen LogP contribution in [-0.2, 0) is 15.6 Å². The third-order valence-electron chi connectivity index (χ3n) is 2.95. The Labute approximate surface area is 106 Å². The fourth-order valence-electron chi connectivity index (χ4n) is 1.95. The number of carbonyl (C=O) groups excluding carboxylic acids is 1. The van der Waals surface area contributed by atoms with Crippen LogP contribution in [0.1, 0.15) is 15.9 Å². The molecule has 1 aromatic rings. The van der Waals surface area contributed by atoms with Gasteiger partial charge in [0.2, 0.25) is 5.91 Å². The number of sulfone groups is 1. The zero-order chi connectivity index (χ0) is 13.2. The summed E-state index contributed by atoms with van der Waals surface area (Å²) in [7, 11) is -3.13. The molecular weight excluding hydrogens is 252 g/mol. The summed E-state index contributed by atoms with van der Waals surface area (Å²) in [6.45, 7) is 1.53. The van der Waals surface area contributed by atoms with E-state index in [0.29, 0.717) is 11.1 Å². The lowest BCUT2D eigenvalue weighted by Gasteiger charge is -2.26. The van der Waals surface area contributed by atoms with Crippen molar-refractivity contribution < 1.29 is 13.2 Å². The molecule has 1 aliphatic heterocycles. The van der Waals surface area contributed by atoms with Gasteiger partial charge in [-0.2, -0.15) is 0 Å². The van der Waals surface area contributed by atoms with Gasteiger partial charge < -0.3 is 11.1 Å². The number of carbonyl (C=O) groups is 1. The third kappa shape index (κ3) is 3.30. The number of amides is 1. The topological polar surface area (TPSA) is 89.3 Å². The summed E-state index contributed by atoms with van der Waals surface area (Å²) >= 11 is 0. The van der Waals surface area contributed by atoms with E-state index in [1.807, 2.05) is 0 Å². The van der Waals surface area contributed by atoms with Crippen molar-refractivity contribution in [3.63, 3.8) is 0 Å². The quantitative estimate of drug-likeness (QED) is 0.781. The van der Waals surface area contributed by atoms with Crippen LogP contribution >= 0.6 is 0 Å². The smallest absolute Gasteiger partial charge is 0.248 e. The van der Waals surface area contributed by atoms with Crippen LogP contribution < -0.4 is 11.1 Å². The van der Waals surface area contributed by atoms with Gasteiger partial charge in [0.15, 0.2) is 9.84 Å². The summed E-state index contributed by atoms with van der Waals surface area (Å²) in [4.78, 5) is 11.0. The molecule has 18 heavy (non-hydrogen) atoms. The molecule has 1 saturated heterocycles. The Morgan fingerprint density at radius 1 is 1.39 bits per heavy atom. The second-order valence-corrected chi connectivity index (χ2v) is 6.75. The largest absolute Gasteiger partial charge is 0.366 e. The van der Waals surface area contributed by atoms with Crippen LogP contribution in [0.15, 0.2) is 24.3 Å². The molecule has 1 fully saturated rings. The Morgan fingerprint density at radius 3 is 2.67 bits per heavy atom. The average Bonchev–Trinajstić information content (AvgIpc) is 2.23. The molecule has 0 saturated carbocycles. The highest BCUT2D eigenvalue weighted by Gasteiger charge is 2.24. The highest BCUT2D eigenvalue weighted by molar-refractivity contribution is 7.90. The molecule has 1 amide bonds. The van der Waals surface area contributed by atoms with E-state index < -0.39 is 15.7 Å². The van der Waals surface area contributed by atoms with Crippen molar-refractivity contribution in [1.29, 1.82) is 0 Å². The van der Waals surface area contributed by atoms with E-state index in [-0.39, 0.29) is 17.4 Å². The normalized spacial score (nSPS) is 16.2. The minimum atomic E-state index is -3.13. The summed E-state index contributed by atoms with van der Waals surface area (Å²) in [5, 5.41) is 3.05. The highest BCUT2D eigenvalue weighted by atomic mass is 32.2. The van der Waals surface area contributed by atoms with Crippen LogP contribution in [0.3, 0.4) is 0 Å². The second kappa shape index (κ2) is 5.07. The fourth-order valence-corrected chi connectivity index (χ4v) is 3.71. The van der Waals surface area contributed by atoms with E-state index >= 15 is 0 Å². The Hall–Kier alpha value is -1.40. The third-order valence-corrected chi connectivity index (χ3v) is 4.71. The molecule has 1 heterocycles. The monoisotopic (exact) mass is 268 g/mol. The van der Waals surface area contributed by atoms with E-state index in [1.165, 1.54) is 0 Å². The van der Waals surface area contributed by atoms with E-state index in [9.17, 15) is 13.2 Å². The first kappa shape index (κ1) is 13.0. The molecule has 1 aromatic carbocycles. The van der Waals surface area contributed by atoms with Crippen molar-refractivity contribution in [2.75, 3.05) is 18.8 Å². The minimum absolute atomic E-state index is 0.0371. The van der Waals surface area contributed by atoms with Crippen molar-refractivity contribution in [1.82, 2.24) is 5.32 Å². The lowest BCUT2D eigenvalue weighted by atomic mass is 10.1. The Balaban J connectivity index is 2.07.